The zero-order valence-electron chi connectivity index (χ0n) is 18.7. The van der Waals surface area contributed by atoms with Crippen molar-refractivity contribution < 1.29 is 28.6 Å². The summed E-state index contributed by atoms with van der Waals surface area (Å²) in [5.41, 5.74) is -0.0945. The van der Waals surface area contributed by atoms with Crippen molar-refractivity contribution in [3.63, 3.8) is 0 Å². The van der Waals surface area contributed by atoms with E-state index in [9.17, 15) is 14.4 Å². The number of hydrogen-bond donors (Lipinski definition) is 2. The maximum absolute atomic E-state index is 12.8. The predicted octanol–water partition coefficient (Wildman–Crippen LogP) is 4.07. The van der Waals surface area contributed by atoms with Gasteiger partial charge in [0, 0.05) is 17.7 Å². The van der Waals surface area contributed by atoms with Crippen molar-refractivity contribution >= 4 is 35.1 Å². The standard InChI is InChI=1S/C23H27ClN2O6/c1-6-23(2,3)26-20(27)13-32-22(29)15-11-18(30-4)19(31-5)12-17(15)25-21(28)14-9-7-8-10-16(14)24/h7-12H,6,13H2,1-5H3,(H,25,28)(H,26,27). The summed E-state index contributed by atoms with van der Waals surface area (Å²) in [6.45, 7) is 5.19. The van der Waals surface area contributed by atoms with E-state index in [1.165, 1.54) is 26.4 Å². The molecular formula is C23H27ClN2O6. The van der Waals surface area contributed by atoms with Gasteiger partial charge in [0.25, 0.3) is 11.8 Å². The summed E-state index contributed by atoms with van der Waals surface area (Å²) in [7, 11) is 2.84. The first-order chi connectivity index (χ1) is 15.1. The summed E-state index contributed by atoms with van der Waals surface area (Å²) in [5, 5.41) is 5.69. The highest BCUT2D eigenvalue weighted by Gasteiger charge is 2.23. The lowest BCUT2D eigenvalue weighted by Gasteiger charge is -2.24. The molecule has 0 unspecified atom stereocenters. The SMILES string of the molecule is CCC(C)(C)NC(=O)COC(=O)c1cc(OC)c(OC)cc1NC(=O)c1ccccc1Cl. The summed E-state index contributed by atoms with van der Waals surface area (Å²) < 4.78 is 15.7. The van der Waals surface area contributed by atoms with Gasteiger partial charge in [0.1, 0.15) is 0 Å². The van der Waals surface area contributed by atoms with Gasteiger partial charge in [-0.05, 0) is 32.4 Å². The molecule has 172 valence electrons. The molecule has 0 bridgehead atoms. The zero-order valence-corrected chi connectivity index (χ0v) is 19.5. The van der Waals surface area contributed by atoms with Gasteiger partial charge in [-0.2, -0.15) is 0 Å². The molecule has 8 nitrogen and oxygen atoms in total. The van der Waals surface area contributed by atoms with E-state index in [-0.39, 0.29) is 27.6 Å². The quantitative estimate of drug-likeness (QED) is 0.544. The number of esters is 1. The summed E-state index contributed by atoms with van der Waals surface area (Å²) in [6, 6.07) is 9.30. The smallest absolute Gasteiger partial charge is 0.340 e. The number of anilines is 1. The van der Waals surface area contributed by atoms with Crippen LogP contribution in [-0.4, -0.2) is 44.1 Å². The van der Waals surface area contributed by atoms with Gasteiger partial charge in [0.05, 0.1) is 36.1 Å². The van der Waals surface area contributed by atoms with Crippen molar-refractivity contribution in [1.82, 2.24) is 5.32 Å². The first-order valence-electron chi connectivity index (χ1n) is 9.92. The van der Waals surface area contributed by atoms with E-state index in [0.29, 0.717) is 12.2 Å². The Balaban J connectivity index is 2.30. The van der Waals surface area contributed by atoms with E-state index in [4.69, 9.17) is 25.8 Å². The number of hydrogen-bond acceptors (Lipinski definition) is 6. The number of carbonyl (C=O) groups excluding carboxylic acids is 3. The predicted molar refractivity (Wildman–Crippen MR) is 122 cm³/mol. The molecule has 0 atom stereocenters. The molecule has 0 aliphatic rings. The number of halogens is 1. The Hall–Kier alpha value is -3.26. The Morgan fingerprint density at radius 2 is 1.62 bits per heavy atom. The minimum Gasteiger partial charge on any atom is -0.493 e. The Bertz CT molecular complexity index is 1010. The minimum atomic E-state index is -0.815. The number of carbonyl (C=O) groups is 3. The van der Waals surface area contributed by atoms with E-state index in [1.54, 1.807) is 24.3 Å². The van der Waals surface area contributed by atoms with Crippen molar-refractivity contribution in [1.29, 1.82) is 0 Å². The van der Waals surface area contributed by atoms with Crippen molar-refractivity contribution in [2.75, 3.05) is 26.1 Å². The third-order valence-electron chi connectivity index (χ3n) is 4.81. The van der Waals surface area contributed by atoms with Crippen molar-refractivity contribution in [3.8, 4) is 11.5 Å². The fourth-order valence-corrected chi connectivity index (χ4v) is 2.92. The fraction of sp³-hybridized carbons (Fsp3) is 0.348. The van der Waals surface area contributed by atoms with E-state index < -0.39 is 29.9 Å². The molecule has 2 N–H and O–H groups in total. The van der Waals surface area contributed by atoms with Crippen molar-refractivity contribution in [2.45, 2.75) is 32.7 Å². The van der Waals surface area contributed by atoms with Crippen LogP contribution in [0.3, 0.4) is 0 Å². The fourth-order valence-electron chi connectivity index (χ4n) is 2.70. The molecule has 0 aromatic heterocycles. The van der Waals surface area contributed by atoms with Crippen LogP contribution in [0.4, 0.5) is 5.69 Å². The van der Waals surface area contributed by atoms with Gasteiger partial charge in [0.2, 0.25) is 0 Å². The molecule has 9 heteroatoms. The normalized spacial score (nSPS) is 10.8. The molecule has 2 amide bonds. The number of ether oxygens (including phenoxy) is 3. The van der Waals surface area contributed by atoms with Gasteiger partial charge in [-0.1, -0.05) is 30.7 Å². The molecule has 0 saturated heterocycles. The summed E-state index contributed by atoms with van der Waals surface area (Å²) in [6.07, 6.45) is 0.709. The Morgan fingerprint density at radius 3 is 2.22 bits per heavy atom. The van der Waals surface area contributed by atoms with Gasteiger partial charge in [-0.3, -0.25) is 9.59 Å². The number of rotatable bonds is 9. The number of amides is 2. The molecule has 0 fully saturated rings. The van der Waals surface area contributed by atoms with Crippen molar-refractivity contribution in [2.24, 2.45) is 0 Å². The highest BCUT2D eigenvalue weighted by Crippen LogP contribution is 2.34. The molecule has 0 spiro atoms. The van der Waals surface area contributed by atoms with Crippen LogP contribution in [0.25, 0.3) is 0 Å². The van der Waals surface area contributed by atoms with E-state index in [1.807, 2.05) is 20.8 Å². The van der Waals surface area contributed by atoms with Gasteiger partial charge >= 0.3 is 5.97 Å². The molecule has 0 heterocycles. The third kappa shape index (κ3) is 6.37. The van der Waals surface area contributed by atoms with Crippen LogP contribution in [0.5, 0.6) is 11.5 Å². The molecule has 2 aromatic rings. The maximum atomic E-state index is 12.8. The third-order valence-corrected chi connectivity index (χ3v) is 5.14. The van der Waals surface area contributed by atoms with Gasteiger partial charge < -0.3 is 24.8 Å². The summed E-state index contributed by atoms with van der Waals surface area (Å²) >= 11 is 6.10. The lowest BCUT2D eigenvalue weighted by Crippen LogP contribution is -2.44. The zero-order chi connectivity index (χ0) is 23.9. The molecule has 0 saturated carbocycles. The minimum absolute atomic E-state index is 0.00870. The van der Waals surface area contributed by atoms with Crippen molar-refractivity contribution in [3.05, 3.63) is 52.5 Å². The monoisotopic (exact) mass is 462 g/mol. The first-order valence-corrected chi connectivity index (χ1v) is 10.3. The van der Waals surface area contributed by atoms with E-state index >= 15 is 0 Å². The molecule has 2 aromatic carbocycles. The lowest BCUT2D eigenvalue weighted by atomic mass is 10.0. The summed E-state index contributed by atoms with van der Waals surface area (Å²) in [5.74, 6) is -1.23. The highest BCUT2D eigenvalue weighted by molar-refractivity contribution is 6.34. The average Bonchev–Trinajstić information content (AvgIpc) is 2.77. The number of benzene rings is 2. The van der Waals surface area contributed by atoms with Crippen LogP contribution in [0.15, 0.2) is 36.4 Å². The molecular weight excluding hydrogens is 436 g/mol. The second-order valence-corrected chi connectivity index (χ2v) is 7.96. The van der Waals surface area contributed by atoms with Crippen LogP contribution in [0.1, 0.15) is 47.9 Å². The Labute approximate surface area is 192 Å². The summed E-state index contributed by atoms with van der Waals surface area (Å²) in [4.78, 5) is 37.7. The largest absolute Gasteiger partial charge is 0.493 e. The molecule has 0 radical (unpaired) electrons. The van der Waals surface area contributed by atoms with E-state index in [2.05, 4.69) is 10.6 Å². The second kappa shape index (κ2) is 10.9. The van der Waals surface area contributed by atoms with Crippen LogP contribution >= 0.6 is 11.6 Å². The van der Waals surface area contributed by atoms with E-state index in [0.717, 1.165) is 0 Å². The van der Waals surface area contributed by atoms with Gasteiger partial charge in [0.15, 0.2) is 18.1 Å². The first kappa shape index (κ1) is 25.0. The molecule has 2 rings (SSSR count). The maximum Gasteiger partial charge on any atom is 0.340 e. The van der Waals surface area contributed by atoms with Crippen LogP contribution < -0.4 is 20.1 Å². The number of nitrogens with one attached hydrogen (secondary N) is 2. The lowest BCUT2D eigenvalue weighted by molar-refractivity contribution is -0.125. The Kier molecular flexibility index (Phi) is 8.48. The van der Waals surface area contributed by atoms with Gasteiger partial charge in [-0.15, -0.1) is 0 Å². The average molecular weight is 463 g/mol. The Morgan fingerprint density at radius 1 is 1.00 bits per heavy atom. The molecule has 32 heavy (non-hydrogen) atoms. The number of methoxy groups -OCH3 is 2. The molecule has 0 aliphatic carbocycles. The molecule has 0 aliphatic heterocycles. The van der Waals surface area contributed by atoms with Crippen LogP contribution in [-0.2, 0) is 9.53 Å². The van der Waals surface area contributed by atoms with Crippen LogP contribution in [0, 0.1) is 0 Å². The topological polar surface area (TPSA) is 103 Å². The van der Waals surface area contributed by atoms with Gasteiger partial charge in [-0.25, -0.2) is 4.79 Å². The highest BCUT2D eigenvalue weighted by atomic mass is 35.5. The second-order valence-electron chi connectivity index (χ2n) is 7.55. The van der Waals surface area contributed by atoms with Crippen LogP contribution in [0.2, 0.25) is 5.02 Å².